The van der Waals surface area contributed by atoms with Gasteiger partial charge in [0.05, 0.1) is 10.6 Å². The molecule has 0 atom stereocenters. The quantitative estimate of drug-likeness (QED) is 0.194. The SMILES string of the molecule is Cc1nc(-c2ccc(-c3ccc(F)cc3)cc2)sc1-c1ccc(OCC(=O)N2CCN(Cc3ccccc3)CC2)cc1. The number of benzene rings is 4. The molecule has 0 N–H and O–H groups in total. The van der Waals surface area contributed by atoms with E-state index in [-0.39, 0.29) is 18.3 Å². The monoisotopic (exact) mass is 577 g/mol. The average molecular weight is 578 g/mol. The summed E-state index contributed by atoms with van der Waals surface area (Å²) in [4.78, 5) is 23.0. The standard InChI is InChI=1S/C35H32FN3O2S/c1-25-34(42-35(37-25)30-9-7-27(8-10-30)28-11-15-31(36)16-12-28)29-13-17-32(18-14-29)41-24-33(40)39-21-19-38(20-22-39)23-26-5-3-2-4-6-26/h2-18H,19-24H2,1H3. The Kier molecular flexibility index (Phi) is 8.40. The lowest BCUT2D eigenvalue weighted by molar-refractivity contribution is -0.135. The predicted molar refractivity (Wildman–Crippen MR) is 167 cm³/mol. The topological polar surface area (TPSA) is 45.7 Å². The molecule has 0 bridgehead atoms. The van der Waals surface area contributed by atoms with Crippen LogP contribution in [0.2, 0.25) is 0 Å². The van der Waals surface area contributed by atoms with Crippen LogP contribution in [-0.4, -0.2) is 53.5 Å². The average Bonchev–Trinajstić information content (AvgIpc) is 3.43. The maximum Gasteiger partial charge on any atom is 0.260 e. The van der Waals surface area contributed by atoms with Crippen LogP contribution >= 0.6 is 11.3 Å². The molecule has 0 aliphatic carbocycles. The summed E-state index contributed by atoms with van der Waals surface area (Å²) < 4.78 is 19.1. The molecule has 1 amide bonds. The highest BCUT2D eigenvalue weighted by molar-refractivity contribution is 7.18. The van der Waals surface area contributed by atoms with Gasteiger partial charge in [0, 0.05) is 38.3 Å². The van der Waals surface area contributed by atoms with E-state index in [9.17, 15) is 9.18 Å². The van der Waals surface area contributed by atoms with Crippen molar-refractivity contribution in [3.05, 3.63) is 120 Å². The van der Waals surface area contributed by atoms with E-state index in [1.165, 1.54) is 17.7 Å². The maximum absolute atomic E-state index is 13.3. The van der Waals surface area contributed by atoms with Crippen molar-refractivity contribution in [2.75, 3.05) is 32.8 Å². The fourth-order valence-electron chi connectivity index (χ4n) is 5.17. The highest BCUT2D eigenvalue weighted by Crippen LogP contribution is 2.36. The molecule has 1 aliphatic heterocycles. The Hall–Kier alpha value is -4.33. The first-order valence-electron chi connectivity index (χ1n) is 14.1. The minimum atomic E-state index is -0.238. The number of rotatable bonds is 8. The number of hydrogen-bond acceptors (Lipinski definition) is 5. The van der Waals surface area contributed by atoms with Gasteiger partial charge in [0.1, 0.15) is 16.6 Å². The summed E-state index contributed by atoms with van der Waals surface area (Å²) in [6.45, 7) is 6.14. The van der Waals surface area contributed by atoms with Gasteiger partial charge in [0.15, 0.2) is 6.61 Å². The molecule has 212 valence electrons. The number of halogens is 1. The lowest BCUT2D eigenvalue weighted by Crippen LogP contribution is -2.49. The zero-order valence-corrected chi connectivity index (χ0v) is 24.3. The number of nitrogens with zero attached hydrogens (tertiary/aromatic N) is 3. The number of thiazole rings is 1. The van der Waals surface area contributed by atoms with E-state index < -0.39 is 0 Å². The summed E-state index contributed by atoms with van der Waals surface area (Å²) in [6, 6.07) is 33.0. The Bertz CT molecular complexity index is 1630. The second-order valence-electron chi connectivity index (χ2n) is 10.5. The van der Waals surface area contributed by atoms with Crippen LogP contribution in [0.15, 0.2) is 103 Å². The van der Waals surface area contributed by atoms with E-state index in [2.05, 4.69) is 41.3 Å². The van der Waals surface area contributed by atoms with Gasteiger partial charge in [-0.2, -0.15) is 0 Å². The minimum absolute atomic E-state index is 0.0202. The molecule has 0 saturated carbocycles. The van der Waals surface area contributed by atoms with Crippen molar-refractivity contribution in [2.24, 2.45) is 0 Å². The Labute approximate surface area is 249 Å². The van der Waals surface area contributed by atoms with Crippen LogP contribution in [0.1, 0.15) is 11.3 Å². The van der Waals surface area contributed by atoms with Crippen molar-refractivity contribution >= 4 is 17.2 Å². The molecule has 1 fully saturated rings. The summed E-state index contributed by atoms with van der Waals surface area (Å²) in [6.07, 6.45) is 0. The zero-order valence-electron chi connectivity index (χ0n) is 23.5. The van der Waals surface area contributed by atoms with Gasteiger partial charge < -0.3 is 9.64 Å². The third kappa shape index (κ3) is 6.59. The number of carbonyl (C=O) groups is 1. The first kappa shape index (κ1) is 27.8. The second-order valence-corrected chi connectivity index (χ2v) is 11.5. The third-order valence-corrected chi connectivity index (χ3v) is 8.81. The normalized spacial score (nSPS) is 13.7. The van der Waals surface area contributed by atoms with Gasteiger partial charge in [-0.3, -0.25) is 9.69 Å². The molecule has 1 aromatic heterocycles. The van der Waals surface area contributed by atoms with Crippen LogP contribution in [-0.2, 0) is 11.3 Å². The van der Waals surface area contributed by atoms with E-state index in [4.69, 9.17) is 9.72 Å². The number of aryl methyl sites for hydroxylation is 1. The Morgan fingerprint density at radius 2 is 1.38 bits per heavy atom. The lowest BCUT2D eigenvalue weighted by Gasteiger charge is -2.34. The zero-order chi connectivity index (χ0) is 28.9. The third-order valence-electron chi connectivity index (χ3n) is 7.56. The number of amides is 1. The van der Waals surface area contributed by atoms with E-state index in [0.29, 0.717) is 5.75 Å². The Morgan fingerprint density at radius 3 is 2.05 bits per heavy atom. The van der Waals surface area contributed by atoms with Crippen molar-refractivity contribution in [1.29, 1.82) is 0 Å². The van der Waals surface area contributed by atoms with Gasteiger partial charge >= 0.3 is 0 Å². The van der Waals surface area contributed by atoms with Gasteiger partial charge in [-0.25, -0.2) is 9.37 Å². The van der Waals surface area contributed by atoms with Crippen LogP contribution in [0.5, 0.6) is 5.75 Å². The van der Waals surface area contributed by atoms with Gasteiger partial charge in [0.2, 0.25) is 0 Å². The highest BCUT2D eigenvalue weighted by Gasteiger charge is 2.21. The molecular formula is C35H32FN3O2S. The maximum atomic E-state index is 13.3. The number of hydrogen-bond donors (Lipinski definition) is 0. The fourth-order valence-corrected chi connectivity index (χ4v) is 6.25. The summed E-state index contributed by atoms with van der Waals surface area (Å²) in [5, 5.41) is 0.947. The van der Waals surface area contributed by atoms with Crippen LogP contribution in [0.25, 0.3) is 32.1 Å². The summed E-state index contributed by atoms with van der Waals surface area (Å²) in [5.74, 6) is 0.457. The van der Waals surface area contributed by atoms with Crippen LogP contribution in [0, 0.1) is 12.7 Å². The smallest absolute Gasteiger partial charge is 0.260 e. The Balaban J connectivity index is 1.02. The fraction of sp³-hybridized carbons (Fsp3) is 0.200. The molecule has 2 heterocycles. The number of piperazine rings is 1. The molecule has 0 radical (unpaired) electrons. The predicted octanol–water partition coefficient (Wildman–Crippen LogP) is 7.31. The Morgan fingerprint density at radius 1 is 0.786 bits per heavy atom. The van der Waals surface area contributed by atoms with E-state index in [0.717, 1.165) is 70.6 Å². The van der Waals surface area contributed by atoms with Crippen molar-refractivity contribution in [3.63, 3.8) is 0 Å². The molecule has 4 aromatic carbocycles. The van der Waals surface area contributed by atoms with Gasteiger partial charge in [-0.1, -0.05) is 66.7 Å². The molecule has 5 aromatic rings. The molecule has 1 aliphatic rings. The molecule has 6 rings (SSSR count). The van der Waals surface area contributed by atoms with Crippen LogP contribution in [0.4, 0.5) is 4.39 Å². The van der Waals surface area contributed by atoms with E-state index in [1.807, 2.05) is 54.3 Å². The van der Waals surface area contributed by atoms with Gasteiger partial charge in [0.25, 0.3) is 5.91 Å². The first-order chi connectivity index (χ1) is 20.5. The highest BCUT2D eigenvalue weighted by atomic mass is 32.1. The largest absolute Gasteiger partial charge is 0.484 e. The molecule has 0 unspecified atom stereocenters. The molecule has 1 saturated heterocycles. The summed E-state index contributed by atoms with van der Waals surface area (Å²) in [7, 11) is 0. The van der Waals surface area contributed by atoms with Gasteiger partial charge in [-0.15, -0.1) is 11.3 Å². The number of carbonyl (C=O) groups excluding carboxylic acids is 1. The van der Waals surface area contributed by atoms with E-state index in [1.54, 1.807) is 23.5 Å². The van der Waals surface area contributed by atoms with E-state index >= 15 is 0 Å². The summed E-state index contributed by atoms with van der Waals surface area (Å²) >= 11 is 1.65. The first-order valence-corrected chi connectivity index (χ1v) is 14.9. The lowest BCUT2D eigenvalue weighted by atomic mass is 10.0. The van der Waals surface area contributed by atoms with Crippen molar-refractivity contribution in [1.82, 2.24) is 14.8 Å². The molecule has 0 spiro atoms. The molecule has 7 heteroatoms. The van der Waals surface area contributed by atoms with Crippen molar-refractivity contribution < 1.29 is 13.9 Å². The molecule has 42 heavy (non-hydrogen) atoms. The molecule has 5 nitrogen and oxygen atoms in total. The van der Waals surface area contributed by atoms with Crippen molar-refractivity contribution in [3.8, 4) is 37.9 Å². The molecular weight excluding hydrogens is 545 g/mol. The second kappa shape index (κ2) is 12.7. The number of aromatic nitrogens is 1. The summed E-state index contributed by atoms with van der Waals surface area (Å²) in [5.41, 5.74) is 6.38. The van der Waals surface area contributed by atoms with Crippen molar-refractivity contribution in [2.45, 2.75) is 13.5 Å². The number of ether oxygens (including phenoxy) is 1. The minimum Gasteiger partial charge on any atom is -0.484 e. The van der Waals surface area contributed by atoms with Gasteiger partial charge in [-0.05, 0) is 65.6 Å². The van der Waals surface area contributed by atoms with Crippen LogP contribution < -0.4 is 4.74 Å². The van der Waals surface area contributed by atoms with Crippen LogP contribution in [0.3, 0.4) is 0 Å².